The van der Waals surface area contributed by atoms with Crippen LogP contribution in [0.25, 0.3) is 0 Å². The maximum atomic E-state index is 12.4. The Morgan fingerprint density at radius 3 is 2.16 bits per heavy atom. The maximum Gasteiger partial charge on any atom is 0.227 e. The number of carbonyl (C=O) groups excluding carboxylic acids is 2. The van der Waals surface area contributed by atoms with E-state index in [1.54, 1.807) is 24.3 Å². The molecule has 1 aliphatic carbocycles. The minimum Gasteiger partial charge on any atom is -0.355 e. The third-order valence-corrected chi connectivity index (χ3v) is 4.61. The number of nitriles is 1. The maximum absolute atomic E-state index is 12.4. The van der Waals surface area contributed by atoms with E-state index in [0.29, 0.717) is 17.8 Å². The Kier molecular flexibility index (Phi) is 6.96. The fourth-order valence-electron chi connectivity index (χ4n) is 3.04. The van der Waals surface area contributed by atoms with Crippen LogP contribution < -0.4 is 10.6 Å². The molecule has 0 spiro atoms. The first kappa shape index (κ1) is 18.9. The monoisotopic (exact) mass is 342 g/mol. The molecule has 0 unspecified atom stereocenters. The fraction of sp³-hybridized carbons (Fsp3) is 0.526. The number of rotatable bonds is 6. The van der Waals surface area contributed by atoms with E-state index in [9.17, 15) is 9.59 Å². The summed E-state index contributed by atoms with van der Waals surface area (Å²) in [5.74, 6) is 0.0616. The normalized spacial score (nSPS) is 19.9. The van der Waals surface area contributed by atoms with Crippen LogP contribution in [0.2, 0.25) is 0 Å². The fourth-order valence-corrected chi connectivity index (χ4v) is 3.04. The van der Waals surface area contributed by atoms with Crippen LogP contribution in [-0.4, -0.2) is 43.9 Å². The van der Waals surface area contributed by atoms with Crippen molar-refractivity contribution in [2.24, 2.45) is 11.8 Å². The van der Waals surface area contributed by atoms with Gasteiger partial charge in [0, 0.05) is 30.6 Å². The predicted molar refractivity (Wildman–Crippen MR) is 96.8 cm³/mol. The van der Waals surface area contributed by atoms with Gasteiger partial charge in [-0.1, -0.05) is 0 Å². The van der Waals surface area contributed by atoms with Crippen LogP contribution in [0, 0.1) is 23.2 Å². The number of likely N-dealkylation sites (N-methyl/N-ethyl adjacent to an activating group) is 1. The Hall–Kier alpha value is -2.39. The number of amides is 2. The van der Waals surface area contributed by atoms with E-state index in [0.717, 1.165) is 32.2 Å². The summed E-state index contributed by atoms with van der Waals surface area (Å²) in [6.07, 6.45) is 2.96. The van der Waals surface area contributed by atoms with Crippen molar-refractivity contribution in [1.29, 1.82) is 5.26 Å². The van der Waals surface area contributed by atoms with Crippen LogP contribution in [0.3, 0.4) is 0 Å². The van der Waals surface area contributed by atoms with E-state index >= 15 is 0 Å². The third-order valence-electron chi connectivity index (χ3n) is 4.61. The Labute approximate surface area is 149 Å². The van der Waals surface area contributed by atoms with Gasteiger partial charge in [-0.3, -0.25) is 9.59 Å². The molecule has 0 aliphatic heterocycles. The Balaban J connectivity index is 1.76. The second-order valence-corrected chi connectivity index (χ2v) is 6.82. The van der Waals surface area contributed by atoms with Gasteiger partial charge in [0.15, 0.2) is 0 Å². The first-order valence-electron chi connectivity index (χ1n) is 8.73. The molecule has 2 N–H and O–H groups in total. The van der Waals surface area contributed by atoms with Gasteiger partial charge in [0.25, 0.3) is 0 Å². The van der Waals surface area contributed by atoms with Crippen molar-refractivity contribution >= 4 is 17.5 Å². The summed E-state index contributed by atoms with van der Waals surface area (Å²) < 4.78 is 0. The summed E-state index contributed by atoms with van der Waals surface area (Å²) in [6.45, 7) is 1.49. The zero-order valence-electron chi connectivity index (χ0n) is 14.9. The number of hydrogen-bond donors (Lipinski definition) is 2. The van der Waals surface area contributed by atoms with Crippen molar-refractivity contribution in [2.45, 2.75) is 25.7 Å². The average molecular weight is 342 g/mol. The van der Waals surface area contributed by atoms with Crippen molar-refractivity contribution in [1.82, 2.24) is 10.2 Å². The molecule has 0 atom stereocenters. The van der Waals surface area contributed by atoms with Crippen LogP contribution in [0.15, 0.2) is 24.3 Å². The Morgan fingerprint density at radius 1 is 1.08 bits per heavy atom. The van der Waals surface area contributed by atoms with Gasteiger partial charge >= 0.3 is 0 Å². The molecule has 0 radical (unpaired) electrons. The number of nitrogens with one attached hydrogen (secondary N) is 2. The van der Waals surface area contributed by atoms with E-state index in [4.69, 9.17) is 5.26 Å². The molecule has 6 nitrogen and oxygen atoms in total. The van der Waals surface area contributed by atoms with Gasteiger partial charge in [-0.2, -0.15) is 5.26 Å². The van der Waals surface area contributed by atoms with Crippen molar-refractivity contribution in [3.63, 3.8) is 0 Å². The van der Waals surface area contributed by atoms with E-state index in [2.05, 4.69) is 16.7 Å². The molecule has 1 aliphatic rings. The lowest BCUT2D eigenvalue weighted by atomic mass is 9.81. The van der Waals surface area contributed by atoms with E-state index < -0.39 is 0 Å². The molecule has 1 aromatic rings. The van der Waals surface area contributed by atoms with Crippen LogP contribution in [0.5, 0.6) is 0 Å². The summed E-state index contributed by atoms with van der Waals surface area (Å²) in [5.41, 5.74) is 1.27. The predicted octanol–water partition coefficient (Wildman–Crippen LogP) is 1.98. The van der Waals surface area contributed by atoms with Gasteiger partial charge in [0.2, 0.25) is 11.8 Å². The summed E-state index contributed by atoms with van der Waals surface area (Å²) >= 11 is 0. The van der Waals surface area contributed by atoms with Crippen molar-refractivity contribution in [3.05, 3.63) is 29.8 Å². The smallest absolute Gasteiger partial charge is 0.227 e. The minimum absolute atomic E-state index is 0.00354. The summed E-state index contributed by atoms with van der Waals surface area (Å²) in [6, 6.07) is 8.90. The second kappa shape index (κ2) is 9.19. The molecule has 25 heavy (non-hydrogen) atoms. The lowest BCUT2D eigenvalue weighted by molar-refractivity contribution is -0.128. The molecule has 0 aromatic heterocycles. The van der Waals surface area contributed by atoms with Crippen molar-refractivity contribution in [2.75, 3.05) is 32.5 Å². The number of anilines is 1. The lowest BCUT2D eigenvalue weighted by Crippen LogP contribution is -2.38. The second-order valence-electron chi connectivity index (χ2n) is 6.82. The Bertz CT molecular complexity index is 626. The SMILES string of the molecule is CN(C)CCNC(=O)C1CCC(C(=O)Nc2ccc(C#N)cc2)CC1. The van der Waals surface area contributed by atoms with Crippen molar-refractivity contribution < 1.29 is 9.59 Å². The van der Waals surface area contributed by atoms with Gasteiger partial charge in [-0.25, -0.2) is 0 Å². The molecule has 2 rings (SSSR count). The standard InChI is InChI=1S/C19H26N4O2/c1-23(2)12-11-21-18(24)15-5-7-16(8-6-15)19(25)22-17-9-3-14(13-20)4-10-17/h3-4,9-10,15-16H,5-8,11-12H2,1-2H3,(H,21,24)(H,22,25). The molecule has 6 heteroatoms. The lowest BCUT2D eigenvalue weighted by Gasteiger charge is -2.27. The molecule has 0 bridgehead atoms. The van der Waals surface area contributed by atoms with Gasteiger partial charge < -0.3 is 15.5 Å². The van der Waals surface area contributed by atoms with Gasteiger partial charge in [0.1, 0.15) is 0 Å². The largest absolute Gasteiger partial charge is 0.355 e. The highest BCUT2D eigenvalue weighted by Gasteiger charge is 2.29. The molecule has 2 amide bonds. The van der Waals surface area contributed by atoms with Gasteiger partial charge in [0.05, 0.1) is 11.6 Å². The molecule has 134 valence electrons. The van der Waals surface area contributed by atoms with Crippen LogP contribution >= 0.6 is 0 Å². The summed E-state index contributed by atoms with van der Waals surface area (Å²) in [4.78, 5) is 26.5. The highest BCUT2D eigenvalue weighted by Crippen LogP contribution is 2.29. The quantitative estimate of drug-likeness (QED) is 0.828. The zero-order valence-corrected chi connectivity index (χ0v) is 14.9. The highest BCUT2D eigenvalue weighted by molar-refractivity contribution is 5.92. The van der Waals surface area contributed by atoms with Crippen LogP contribution in [-0.2, 0) is 9.59 Å². The van der Waals surface area contributed by atoms with Crippen LogP contribution in [0.4, 0.5) is 5.69 Å². The van der Waals surface area contributed by atoms with Crippen LogP contribution in [0.1, 0.15) is 31.2 Å². The highest BCUT2D eigenvalue weighted by atomic mass is 16.2. The number of nitrogens with zero attached hydrogens (tertiary/aromatic N) is 2. The number of hydrogen-bond acceptors (Lipinski definition) is 4. The third kappa shape index (κ3) is 5.87. The summed E-state index contributed by atoms with van der Waals surface area (Å²) in [5, 5.41) is 14.7. The van der Waals surface area contributed by atoms with E-state index in [1.807, 2.05) is 19.0 Å². The number of carbonyl (C=O) groups is 2. The van der Waals surface area contributed by atoms with Crippen molar-refractivity contribution in [3.8, 4) is 6.07 Å². The first-order valence-corrected chi connectivity index (χ1v) is 8.73. The number of benzene rings is 1. The molecular formula is C19H26N4O2. The average Bonchev–Trinajstić information content (AvgIpc) is 2.62. The topological polar surface area (TPSA) is 85.2 Å². The van der Waals surface area contributed by atoms with Gasteiger partial charge in [-0.15, -0.1) is 0 Å². The molecule has 0 heterocycles. The molecule has 1 aromatic carbocycles. The van der Waals surface area contributed by atoms with Gasteiger partial charge in [-0.05, 0) is 64.0 Å². The summed E-state index contributed by atoms with van der Waals surface area (Å²) in [7, 11) is 3.95. The molecule has 1 saturated carbocycles. The molecule has 0 saturated heterocycles. The zero-order chi connectivity index (χ0) is 18.2. The van der Waals surface area contributed by atoms with E-state index in [-0.39, 0.29) is 23.7 Å². The molecule has 1 fully saturated rings. The first-order chi connectivity index (χ1) is 12.0. The molecular weight excluding hydrogens is 316 g/mol. The van der Waals surface area contributed by atoms with E-state index in [1.165, 1.54) is 0 Å². The Morgan fingerprint density at radius 2 is 1.64 bits per heavy atom. The minimum atomic E-state index is -0.0542.